The number of hydrogen-bond acceptors (Lipinski definition) is 2. The Bertz CT molecular complexity index is 269. The van der Waals surface area contributed by atoms with Gasteiger partial charge in [-0.2, -0.15) is 13.2 Å². The van der Waals surface area contributed by atoms with E-state index >= 15 is 0 Å². The lowest BCUT2D eigenvalue weighted by Gasteiger charge is -2.18. The summed E-state index contributed by atoms with van der Waals surface area (Å²) in [7, 11) is 1.25. The van der Waals surface area contributed by atoms with Gasteiger partial charge in [0.05, 0.1) is 0 Å². The zero-order chi connectivity index (χ0) is 13.5. The van der Waals surface area contributed by atoms with Crippen LogP contribution in [0.15, 0.2) is 0 Å². The molecule has 5 nitrogen and oxygen atoms in total. The maximum Gasteiger partial charge on any atom is 0.405 e. The predicted molar refractivity (Wildman–Crippen MR) is 55.4 cm³/mol. The van der Waals surface area contributed by atoms with Crippen LogP contribution < -0.4 is 10.6 Å². The second kappa shape index (κ2) is 6.97. The van der Waals surface area contributed by atoms with Crippen molar-refractivity contribution in [1.29, 1.82) is 0 Å². The Morgan fingerprint density at radius 1 is 1.24 bits per heavy atom. The molecule has 8 heteroatoms. The molecule has 3 amide bonds. The fraction of sp³-hybridized carbons (Fsp3) is 0.778. The first-order chi connectivity index (χ1) is 7.76. The van der Waals surface area contributed by atoms with Crippen LogP contribution >= 0.6 is 0 Å². The van der Waals surface area contributed by atoms with Crippen molar-refractivity contribution < 1.29 is 22.8 Å². The molecule has 0 saturated carbocycles. The number of rotatable bonds is 5. The lowest BCUT2D eigenvalue weighted by atomic mass is 10.4. The van der Waals surface area contributed by atoms with Gasteiger partial charge in [-0.3, -0.25) is 4.79 Å². The van der Waals surface area contributed by atoms with E-state index in [1.807, 2.05) is 6.92 Å². The quantitative estimate of drug-likeness (QED) is 0.760. The minimum absolute atomic E-state index is 0.274. The van der Waals surface area contributed by atoms with E-state index in [9.17, 15) is 22.8 Å². The number of carbonyl (C=O) groups excluding carboxylic acids is 2. The zero-order valence-electron chi connectivity index (χ0n) is 9.73. The van der Waals surface area contributed by atoms with Crippen LogP contribution in [0, 0.1) is 0 Å². The van der Waals surface area contributed by atoms with E-state index in [-0.39, 0.29) is 6.54 Å². The van der Waals surface area contributed by atoms with E-state index in [4.69, 9.17) is 0 Å². The first-order valence-electron chi connectivity index (χ1n) is 5.08. The van der Waals surface area contributed by atoms with Gasteiger partial charge >= 0.3 is 12.2 Å². The van der Waals surface area contributed by atoms with Crippen molar-refractivity contribution in [2.45, 2.75) is 19.5 Å². The summed E-state index contributed by atoms with van der Waals surface area (Å²) < 4.78 is 35.4. The van der Waals surface area contributed by atoms with Crippen molar-refractivity contribution in [1.82, 2.24) is 15.5 Å². The molecular formula is C9H16F3N3O2. The molecule has 0 aliphatic heterocycles. The maximum absolute atomic E-state index is 11.8. The van der Waals surface area contributed by atoms with Gasteiger partial charge in [0.25, 0.3) is 0 Å². The first kappa shape index (κ1) is 15.5. The number of nitrogens with zero attached hydrogens (tertiary/aromatic N) is 1. The SMILES string of the molecule is CCCNC(=O)CN(C)C(=O)NCC(F)(F)F. The highest BCUT2D eigenvalue weighted by molar-refractivity contribution is 5.83. The third-order valence-corrected chi connectivity index (χ3v) is 1.74. The summed E-state index contributed by atoms with van der Waals surface area (Å²) in [6, 6.07) is -0.936. The Balaban J connectivity index is 3.93. The first-order valence-corrected chi connectivity index (χ1v) is 5.08. The number of alkyl halides is 3. The number of amides is 3. The van der Waals surface area contributed by atoms with E-state index in [1.54, 1.807) is 5.32 Å². The van der Waals surface area contributed by atoms with Gasteiger partial charge in [0.1, 0.15) is 13.1 Å². The van der Waals surface area contributed by atoms with Crippen LogP contribution in [0.5, 0.6) is 0 Å². The van der Waals surface area contributed by atoms with E-state index < -0.39 is 24.7 Å². The predicted octanol–water partition coefficient (Wildman–Crippen LogP) is 0.716. The second-order valence-electron chi connectivity index (χ2n) is 3.48. The van der Waals surface area contributed by atoms with Gasteiger partial charge in [0.15, 0.2) is 0 Å². The van der Waals surface area contributed by atoms with Crippen LogP contribution in [-0.2, 0) is 4.79 Å². The topological polar surface area (TPSA) is 61.4 Å². The van der Waals surface area contributed by atoms with Gasteiger partial charge in [0.2, 0.25) is 5.91 Å². The van der Waals surface area contributed by atoms with Crippen molar-refractivity contribution >= 4 is 11.9 Å². The number of urea groups is 1. The molecule has 0 aliphatic carbocycles. The highest BCUT2D eigenvalue weighted by atomic mass is 19.4. The molecule has 0 rings (SSSR count). The Morgan fingerprint density at radius 2 is 1.82 bits per heavy atom. The number of nitrogens with one attached hydrogen (secondary N) is 2. The summed E-state index contributed by atoms with van der Waals surface area (Å²) in [5, 5.41) is 4.17. The van der Waals surface area contributed by atoms with Gasteiger partial charge in [-0.1, -0.05) is 6.92 Å². The Kier molecular flexibility index (Phi) is 6.37. The molecule has 0 spiro atoms. The Hall–Kier alpha value is -1.47. The fourth-order valence-corrected chi connectivity index (χ4v) is 0.918. The van der Waals surface area contributed by atoms with Gasteiger partial charge in [0, 0.05) is 13.6 Å². The van der Waals surface area contributed by atoms with Crippen molar-refractivity contribution in [3.05, 3.63) is 0 Å². The smallest absolute Gasteiger partial charge is 0.355 e. The number of halogens is 3. The highest BCUT2D eigenvalue weighted by Gasteiger charge is 2.28. The van der Waals surface area contributed by atoms with Crippen LogP contribution in [-0.4, -0.2) is 49.7 Å². The maximum atomic E-state index is 11.8. The van der Waals surface area contributed by atoms with E-state index in [2.05, 4.69) is 5.32 Å². The lowest BCUT2D eigenvalue weighted by molar-refractivity contribution is -0.123. The third kappa shape index (κ3) is 8.35. The highest BCUT2D eigenvalue weighted by Crippen LogP contribution is 2.12. The summed E-state index contributed by atoms with van der Waals surface area (Å²) in [5.41, 5.74) is 0. The molecule has 0 atom stereocenters. The lowest BCUT2D eigenvalue weighted by Crippen LogP contribution is -2.45. The minimum Gasteiger partial charge on any atom is -0.355 e. The molecule has 0 aliphatic rings. The summed E-state index contributed by atoms with van der Waals surface area (Å²) in [4.78, 5) is 23.2. The van der Waals surface area contributed by atoms with E-state index in [0.29, 0.717) is 6.54 Å². The van der Waals surface area contributed by atoms with Gasteiger partial charge < -0.3 is 15.5 Å². The van der Waals surface area contributed by atoms with Crippen LogP contribution in [0.3, 0.4) is 0 Å². The van der Waals surface area contributed by atoms with E-state index in [0.717, 1.165) is 11.3 Å². The molecule has 0 aromatic heterocycles. The standard InChI is InChI=1S/C9H16F3N3O2/c1-3-4-13-7(16)5-15(2)8(17)14-6-9(10,11)12/h3-6H2,1-2H3,(H,13,16)(H,14,17). The van der Waals surface area contributed by atoms with Gasteiger partial charge in [-0.25, -0.2) is 4.79 Å². The fourth-order valence-electron chi connectivity index (χ4n) is 0.918. The van der Waals surface area contributed by atoms with Crippen molar-refractivity contribution in [3.63, 3.8) is 0 Å². The number of hydrogen-bond donors (Lipinski definition) is 2. The normalized spacial score (nSPS) is 10.9. The van der Waals surface area contributed by atoms with Gasteiger partial charge in [-0.15, -0.1) is 0 Å². The number of likely N-dealkylation sites (N-methyl/N-ethyl adjacent to an activating group) is 1. The van der Waals surface area contributed by atoms with Crippen molar-refractivity contribution in [3.8, 4) is 0 Å². The minimum atomic E-state index is -4.46. The molecule has 0 bridgehead atoms. The molecule has 0 fully saturated rings. The molecule has 0 saturated heterocycles. The largest absolute Gasteiger partial charge is 0.405 e. The summed E-state index contributed by atoms with van der Waals surface area (Å²) in [6.45, 7) is 0.646. The monoisotopic (exact) mass is 255 g/mol. The Labute approximate surface area is 97.3 Å². The van der Waals surface area contributed by atoms with Crippen LogP contribution in [0.1, 0.15) is 13.3 Å². The van der Waals surface area contributed by atoms with Crippen molar-refractivity contribution in [2.75, 3.05) is 26.7 Å². The molecule has 0 aromatic rings. The second-order valence-corrected chi connectivity index (χ2v) is 3.48. The summed E-state index contributed by atoms with van der Waals surface area (Å²) >= 11 is 0. The van der Waals surface area contributed by atoms with Crippen LogP contribution in [0.25, 0.3) is 0 Å². The molecule has 100 valence electrons. The molecule has 0 aromatic carbocycles. The Morgan fingerprint density at radius 3 is 2.29 bits per heavy atom. The molecule has 0 unspecified atom stereocenters. The molecular weight excluding hydrogens is 239 g/mol. The van der Waals surface area contributed by atoms with Crippen molar-refractivity contribution in [2.24, 2.45) is 0 Å². The third-order valence-electron chi connectivity index (χ3n) is 1.74. The average Bonchev–Trinajstić information content (AvgIpc) is 2.21. The molecule has 2 N–H and O–H groups in total. The van der Waals surface area contributed by atoms with Gasteiger partial charge in [-0.05, 0) is 6.42 Å². The molecule has 0 radical (unpaired) electrons. The van der Waals surface area contributed by atoms with Crippen LogP contribution in [0.2, 0.25) is 0 Å². The zero-order valence-corrected chi connectivity index (χ0v) is 9.73. The molecule has 17 heavy (non-hydrogen) atoms. The molecule has 0 heterocycles. The van der Waals surface area contributed by atoms with E-state index in [1.165, 1.54) is 7.05 Å². The number of carbonyl (C=O) groups is 2. The summed E-state index contributed by atoms with van der Waals surface area (Å²) in [6.07, 6.45) is -3.71. The van der Waals surface area contributed by atoms with Crippen LogP contribution in [0.4, 0.5) is 18.0 Å². The summed E-state index contributed by atoms with van der Waals surface area (Å²) in [5.74, 6) is -0.406. The average molecular weight is 255 g/mol.